The number of nitrogens with zero attached hydrogens (tertiary/aromatic N) is 3. The molecule has 3 saturated carbocycles. The molecule has 0 amide bonds. The third-order valence-corrected chi connectivity index (χ3v) is 7.97. The average molecular weight is 490 g/mol. The summed E-state index contributed by atoms with van der Waals surface area (Å²) in [5, 5.41) is 15.3. The third-order valence-electron chi connectivity index (χ3n) is 7.97. The van der Waals surface area contributed by atoms with Crippen LogP contribution in [0.4, 0.5) is 20.3 Å². The first-order valence-electron chi connectivity index (χ1n) is 12.2. The molecule has 0 saturated heterocycles. The Morgan fingerprint density at radius 2 is 1.83 bits per heavy atom. The molecule has 36 heavy (non-hydrogen) atoms. The Kier molecular flexibility index (Phi) is 5.43. The van der Waals surface area contributed by atoms with Gasteiger partial charge in [0.1, 0.15) is 17.5 Å². The molecule has 2 bridgehead atoms. The molecule has 3 fully saturated rings. The molecule has 2 atom stereocenters. The topological polar surface area (TPSA) is 96.7 Å². The molecule has 0 radical (unpaired) electrons. The number of H-pyrrole nitrogens is 1. The van der Waals surface area contributed by atoms with E-state index in [2.05, 4.69) is 22.2 Å². The van der Waals surface area contributed by atoms with Crippen molar-refractivity contribution in [3.63, 3.8) is 0 Å². The van der Waals surface area contributed by atoms with Crippen molar-refractivity contribution in [3.8, 4) is 22.6 Å². The molecule has 4 aromatic rings. The van der Waals surface area contributed by atoms with E-state index in [1.807, 2.05) is 0 Å². The smallest absolute Gasteiger partial charge is 0.270 e. The van der Waals surface area contributed by atoms with Gasteiger partial charge in [-0.1, -0.05) is 19.1 Å². The van der Waals surface area contributed by atoms with Gasteiger partial charge in [0.15, 0.2) is 5.82 Å². The van der Waals surface area contributed by atoms with Gasteiger partial charge in [-0.3, -0.25) is 10.1 Å². The zero-order chi connectivity index (χ0) is 25.0. The summed E-state index contributed by atoms with van der Waals surface area (Å²) in [5.41, 5.74) is 1.63. The minimum absolute atomic E-state index is 0.0448. The van der Waals surface area contributed by atoms with Gasteiger partial charge in [-0.25, -0.2) is 18.7 Å². The van der Waals surface area contributed by atoms with Crippen LogP contribution in [0.25, 0.3) is 33.5 Å². The highest BCUT2D eigenvalue weighted by Crippen LogP contribution is 2.46. The number of hydrogen-bond acceptors (Lipinski definition) is 5. The number of benzene rings is 2. The number of non-ortho nitro benzene ring substituents is 1. The minimum atomic E-state index is -0.698. The Morgan fingerprint density at radius 1 is 1.06 bits per heavy atom. The summed E-state index contributed by atoms with van der Waals surface area (Å²) in [7, 11) is 0. The maximum atomic E-state index is 14.4. The van der Waals surface area contributed by atoms with Crippen LogP contribution in [0.2, 0.25) is 0 Å². The van der Waals surface area contributed by atoms with Gasteiger partial charge in [0, 0.05) is 53.0 Å². The second-order valence-corrected chi connectivity index (χ2v) is 9.99. The molecule has 9 heteroatoms. The van der Waals surface area contributed by atoms with Crippen LogP contribution in [0.1, 0.15) is 32.6 Å². The van der Waals surface area contributed by atoms with Crippen molar-refractivity contribution in [3.05, 3.63) is 70.4 Å². The molecule has 3 aliphatic carbocycles. The van der Waals surface area contributed by atoms with Crippen LogP contribution < -0.4 is 5.32 Å². The number of anilines is 1. The lowest BCUT2D eigenvalue weighted by molar-refractivity contribution is -0.384. The third kappa shape index (κ3) is 3.88. The maximum Gasteiger partial charge on any atom is 0.270 e. The van der Waals surface area contributed by atoms with Gasteiger partial charge in [-0.05, 0) is 49.5 Å². The molecule has 7 rings (SSSR count). The summed E-state index contributed by atoms with van der Waals surface area (Å²) in [5.74, 6) is 1.22. The number of halogens is 2. The fourth-order valence-electron chi connectivity index (χ4n) is 6.08. The predicted molar refractivity (Wildman–Crippen MR) is 133 cm³/mol. The highest BCUT2D eigenvalue weighted by Gasteiger charge is 2.41. The molecule has 2 aromatic heterocycles. The summed E-state index contributed by atoms with van der Waals surface area (Å²) < 4.78 is 28.5. The molecule has 7 nitrogen and oxygen atoms in total. The van der Waals surface area contributed by atoms with Crippen molar-refractivity contribution in [1.29, 1.82) is 0 Å². The van der Waals surface area contributed by atoms with E-state index in [0.29, 0.717) is 45.8 Å². The van der Waals surface area contributed by atoms with Crippen molar-refractivity contribution in [2.45, 2.75) is 38.6 Å². The summed E-state index contributed by atoms with van der Waals surface area (Å²) in [6, 6.07) is 10.4. The fourth-order valence-corrected chi connectivity index (χ4v) is 6.08. The molecule has 2 aromatic carbocycles. The molecule has 2 heterocycles. The first-order valence-corrected chi connectivity index (χ1v) is 12.2. The maximum absolute atomic E-state index is 14.4. The van der Waals surface area contributed by atoms with Gasteiger partial charge in [-0.15, -0.1) is 0 Å². The van der Waals surface area contributed by atoms with Crippen molar-refractivity contribution < 1.29 is 13.7 Å². The van der Waals surface area contributed by atoms with Crippen molar-refractivity contribution in [2.24, 2.45) is 17.8 Å². The van der Waals surface area contributed by atoms with Crippen LogP contribution in [0, 0.1) is 39.5 Å². The lowest BCUT2D eigenvalue weighted by atomic mass is 9.62. The van der Waals surface area contributed by atoms with E-state index in [9.17, 15) is 18.9 Å². The number of aromatic amines is 1. The number of aromatic nitrogens is 3. The number of fused-ring (bicyclic) bond motifs is 4. The van der Waals surface area contributed by atoms with E-state index in [-0.39, 0.29) is 23.1 Å². The largest absolute Gasteiger partial charge is 0.367 e. The number of nitrogens with one attached hydrogen (secondary N) is 2. The SMILES string of the molecule is CC1C2CCC(CC2)C1Nc1cc(-c2cccc([N+](=O)[O-])c2)nc(-c2c[nH]c3c(F)cc(F)cc23)n1. The lowest BCUT2D eigenvalue weighted by Gasteiger charge is -2.47. The Morgan fingerprint density at radius 3 is 2.58 bits per heavy atom. The van der Waals surface area contributed by atoms with Crippen LogP contribution in [-0.4, -0.2) is 25.9 Å². The molecule has 2 unspecified atom stereocenters. The zero-order valence-corrected chi connectivity index (χ0v) is 19.7. The van der Waals surface area contributed by atoms with Gasteiger partial charge in [0.2, 0.25) is 0 Å². The van der Waals surface area contributed by atoms with E-state index in [4.69, 9.17) is 4.98 Å². The number of nitro groups is 1. The number of hydrogen-bond donors (Lipinski definition) is 2. The van der Waals surface area contributed by atoms with Crippen molar-refractivity contribution in [1.82, 2.24) is 15.0 Å². The standard InChI is InChI=1S/C27H25F2N5O2/c1-14-15-5-7-16(8-6-15)25(14)32-24-12-23(17-3-2-4-19(9-17)34(35)36)31-27(33-24)21-13-30-26-20(21)10-18(28)11-22(26)29/h2-4,9-16,25,30H,5-8H2,1H3,(H,31,32,33). The zero-order valence-electron chi connectivity index (χ0n) is 19.7. The van der Waals surface area contributed by atoms with Crippen LogP contribution in [0.3, 0.4) is 0 Å². The number of rotatable bonds is 5. The first-order chi connectivity index (χ1) is 17.4. The van der Waals surface area contributed by atoms with Crippen LogP contribution in [0.5, 0.6) is 0 Å². The van der Waals surface area contributed by atoms with Gasteiger partial charge >= 0.3 is 0 Å². The number of nitro benzene ring substituents is 1. The highest BCUT2D eigenvalue weighted by molar-refractivity contribution is 5.94. The summed E-state index contributed by atoms with van der Waals surface area (Å²) >= 11 is 0. The highest BCUT2D eigenvalue weighted by atomic mass is 19.1. The van der Waals surface area contributed by atoms with E-state index >= 15 is 0 Å². The Hall–Kier alpha value is -3.88. The predicted octanol–water partition coefficient (Wildman–Crippen LogP) is 6.71. The van der Waals surface area contributed by atoms with E-state index < -0.39 is 16.6 Å². The van der Waals surface area contributed by atoms with Gasteiger partial charge in [-0.2, -0.15) is 0 Å². The minimum Gasteiger partial charge on any atom is -0.367 e. The Balaban J connectivity index is 1.48. The van der Waals surface area contributed by atoms with Gasteiger partial charge in [0.05, 0.1) is 16.1 Å². The average Bonchev–Trinajstić information content (AvgIpc) is 3.30. The van der Waals surface area contributed by atoms with Crippen LogP contribution in [-0.2, 0) is 0 Å². The molecule has 2 N–H and O–H groups in total. The van der Waals surface area contributed by atoms with Crippen LogP contribution >= 0.6 is 0 Å². The summed E-state index contributed by atoms with van der Waals surface area (Å²) in [4.78, 5) is 23.2. The molecule has 0 aliphatic heterocycles. The van der Waals surface area contributed by atoms with Crippen LogP contribution in [0.15, 0.2) is 48.7 Å². The molecular weight excluding hydrogens is 464 g/mol. The lowest BCUT2D eigenvalue weighted by Crippen LogP contribution is -2.47. The fraction of sp³-hybridized carbons (Fsp3) is 0.333. The summed E-state index contributed by atoms with van der Waals surface area (Å²) in [6.45, 7) is 2.28. The van der Waals surface area contributed by atoms with Crippen molar-refractivity contribution >= 4 is 22.4 Å². The van der Waals surface area contributed by atoms with Gasteiger partial charge in [0.25, 0.3) is 5.69 Å². The first kappa shape index (κ1) is 22.6. The molecule has 184 valence electrons. The monoisotopic (exact) mass is 489 g/mol. The second kappa shape index (κ2) is 8.65. The van der Waals surface area contributed by atoms with Gasteiger partial charge < -0.3 is 10.3 Å². The molecule has 0 spiro atoms. The summed E-state index contributed by atoms with van der Waals surface area (Å²) in [6.07, 6.45) is 6.44. The van der Waals surface area contributed by atoms with E-state index in [0.717, 1.165) is 6.07 Å². The normalized spacial score (nSPS) is 23.2. The second-order valence-electron chi connectivity index (χ2n) is 9.99. The Bertz CT molecular complexity index is 1480. The molecule has 3 aliphatic rings. The van der Waals surface area contributed by atoms with E-state index in [1.54, 1.807) is 24.4 Å². The molecular formula is C27H25F2N5O2. The Labute approximate surface area is 206 Å². The van der Waals surface area contributed by atoms with E-state index in [1.165, 1.54) is 43.9 Å². The quantitative estimate of drug-likeness (QED) is 0.240. The van der Waals surface area contributed by atoms with Crippen molar-refractivity contribution in [2.75, 3.05) is 5.32 Å².